The first kappa shape index (κ1) is 15.5. The summed E-state index contributed by atoms with van der Waals surface area (Å²) in [5, 5.41) is 2.99. The van der Waals surface area contributed by atoms with E-state index in [-0.39, 0.29) is 17.5 Å². The van der Waals surface area contributed by atoms with E-state index in [2.05, 4.69) is 10.3 Å². The number of amides is 1. The first-order valence-electron chi connectivity index (χ1n) is 7.68. The Morgan fingerprint density at radius 1 is 1.33 bits per heavy atom. The molecule has 1 aromatic heterocycles. The van der Waals surface area contributed by atoms with Crippen LogP contribution in [0, 0.1) is 0 Å². The number of hydrogen-bond acceptors (Lipinski definition) is 4. The Morgan fingerprint density at radius 2 is 2.05 bits per heavy atom. The topological polar surface area (TPSA) is 67.2 Å². The molecule has 0 saturated carbocycles. The molecule has 1 aliphatic rings. The number of carbonyl (C=O) groups excluding carboxylic acids is 1. The van der Waals surface area contributed by atoms with Gasteiger partial charge < -0.3 is 14.8 Å². The molecule has 1 aliphatic heterocycles. The maximum absolute atomic E-state index is 12.1. The molecule has 0 radical (unpaired) electrons. The standard InChI is InChI=1S/C15H24N4O2/c1-12(2)19-11-8-17-14(15(19)21)16-7-6-13(20)18-9-4-3-5-10-18/h8,11-12H,3-7,9-10H2,1-2H3,(H,16,17). The summed E-state index contributed by atoms with van der Waals surface area (Å²) in [5.74, 6) is 0.472. The first-order valence-corrected chi connectivity index (χ1v) is 7.68. The van der Waals surface area contributed by atoms with Crippen LogP contribution >= 0.6 is 0 Å². The van der Waals surface area contributed by atoms with Crippen molar-refractivity contribution in [3.63, 3.8) is 0 Å². The molecule has 6 heteroatoms. The van der Waals surface area contributed by atoms with Crippen molar-refractivity contribution in [2.75, 3.05) is 25.0 Å². The highest BCUT2D eigenvalue weighted by Gasteiger charge is 2.16. The van der Waals surface area contributed by atoms with Crippen molar-refractivity contribution in [1.29, 1.82) is 0 Å². The molecule has 0 bridgehead atoms. The summed E-state index contributed by atoms with van der Waals surface area (Å²) in [5.41, 5.74) is -0.141. The van der Waals surface area contributed by atoms with Gasteiger partial charge in [0.15, 0.2) is 5.82 Å². The minimum Gasteiger partial charge on any atom is -0.365 e. The Hall–Kier alpha value is -1.85. The van der Waals surface area contributed by atoms with Gasteiger partial charge in [0.05, 0.1) is 0 Å². The molecule has 0 aliphatic carbocycles. The Labute approximate surface area is 125 Å². The van der Waals surface area contributed by atoms with E-state index >= 15 is 0 Å². The van der Waals surface area contributed by atoms with Crippen LogP contribution in [-0.2, 0) is 4.79 Å². The van der Waals surface area contributed by atoms with Crippen molar-refractivity contribution in [2.24, 2.45) is 0 Å². The van der Waals surface area contributed by atoms with Gasteiger partial charge in [0.25, 0.3) is 5.56 Å². The summed E-state index contributed by atoms with van der Waals surface area (Å²) in [4.78, 5) is 30.1. The number of carbonyl (C=O) groups is 1. The molecule has 116 valence electrons. The smallest absolute Gasteiger partial charge is 0.293 e. The zero-order valence-electron chi connectivity index (χ0n) is 12.8. The van der Waals surface area contributed by atoms with E-state index in [4.69, 9.17) is 0 Å². The SMILES string of the molecule is CC(C)n1ccnc(NCCC(=O)N2CCCCC2)c1=O. The molecular weight excluding hydrogens is 268 g/mol. The van der Waals surface area contributed by atoms with E-state index < -0.39 is 0 Å². The van der Waals surface area contributed by atoms with E-state index in [0.29, 0.717) is 18.8 Å². The molecule has 1 N–H and O–H groups in total. The van der Waals surface area contributed by atoms with Crippen molar-refractivity contribution in [2.45, 2.75) is 45.6 Å². The van der Waals surface area contributed by atoms with E-state index in [0.717, 1.165) is 25.9 Å². The highest BCUT2D eigenvalue weighted by molar-refractivity contribution is 5.76. The molecule has 21 heavy (non-hydrogen) atoms. The van der Waals surface area contributed by atoms with Gasteiger partial charge in [-0.3, -0.25) is 9.59 Å². The fraction of sp³-hybridized carbons (Fsp3) is 0.667. The van der Waals surface area contributed by atoms with Crippen LogP contribution in [0.25, 0.3) is 0 Å². The van der Waals surface area contributed by atoms with Crippen molar-refractivity contribution in [3.05, 3.63) is 22.7 Å². The number of piperidine rings is 1. The van der Waals surface area contributed by atoms with Crippen LogP contribution in [0.5, 0.6) is 0 Å². The van der Waals surface area contributed by atoms with E-state index in [9.17, 15) is 9.59 Å². The predicted molar refractivity (Wildman–Crippen MR) is 82.4 cm³/mol. The predicted octanol–water partition coefficient (Wildman–Crippen LogP) is 1.64. The molecule has 1 fully saturated rings. The Morgan fingerprint density at radius 3 is 2.71 bits per heavy atom. The van der Waals surface area contributed by atoms with Crippen LogP contribution in [0.3, 0.4) is 0 Å². The van der Waals surface area contributed by atoms with Gasteiger partial charge in [0, 0.05) is 44.5 Å². The number of anilines is 1. The molecule has 2 heterocycles. The van der Waals surface area contributed by atoms with Crippen LogP contribution in [0.1, 0.15) is 45.6 Å². The number of hydrogen-bond donors (Lipinski definition) is 1. The zero-order valence-corrected chi connectivity index (χ0v) is 12.8. The highest BCUT2D eigenvalue weighted by atomic mass is 16.2. The maximum Gasteiger partial charge on any atom is 0.293 e. The molecule has 1 aromatic rings. The van der Waals surface area contributed by atoms with Gasteiger partial charge in [-0.15, -0.1) is 0 Å². The Balaban J connectivity index is 1.87. The summed E-state index contributed by atoms with van der Waals surface area (Å²) < 4.78 is 1.63. The number of nitrogens with one attached hydrogen (secondary N) is 1. The minimum absolute atomic E-state index is 0.0935. The first-order chi connectivity index (χ1) is 10.1. The van der Waals surface area contributed by atoms with Gasteiger partial charge in [-0.05, 0) is 33.1 Å². The lowest BCUT2D eigenvalue weighted by Crippen LogP contribution is -2.36. The fourth-order valence-electron chi connectivity index (χ4n) is 2.54. The average molecular weight is 292 g/mol. The highest BCUT2D eigenvalue weighted by Crippen LogP contribution is 2.10. The molecule has 0 spiro atoms. The van der Waals surface area contributed by atoms with Crippen molar-refractivity contribution < 1.29 is 4.79 Å². The second kappa shape index (κ2) is 7.24. The lowest BCUT2D eigenvalue weighted by molar-refractivity contribution is -0.131. The van der Waals surface area contributed by atoms with Crippen molar-refractivity contribution in [3.8, 4) is 0 Å². The number of likely N-dealkylation sites (tertiary alicyclic amines) is 1. The molecule has 1 saturated heterocycles. The minimum atomic E-state index is -0.141. The molecule has 0 unspecified atom stereocenters. The molecular formula is C15H24N4O2. The van der Waals surface area contributed by atoms with Crippen LogP contribution in [-0.4, -0.2) is 40.0 Å². The van der Waals surface area contributed by atoms with E-state index in [1.165, 1.54) is 6.42 Å². The number of aromatic nitrogens is 2. The van der Waals surface area contributed by atoms with Crippen molar-refractivity contribution >= 4 is 11.7 Å². The van der Waals surface area contributed by atoms with Crippen LogP contribution in [0.2, 0.25) is 0 Å². The second-order valence-electron chi connectivity index (χ2n) is 5.70. The lowest BCUT2D eigenvalue weighted by Gasteiger charge is -2.26. The lowest BCUT2D eigenvalue weighted by atomic mass is 10.1. The average Bonchev–Trinajstić information content (AvgIpc) is 2.49. The third kappa shape index (κ3) is 4.06. The Bertz CT molecular complexity index is 533. The number of rotatable bonds is 5. The van der Waals surface area contributed by atoms with E-state index in [1.54, 1.807) is 17.0 Å². The van der Waals surface area contributed by atoms with Gasteiger partial charge in [0.1, 0.15) is 0 Å². The van der Waals surface area contributed by atoms with Gasteiger partial charge in [0.2, 0.25) is 5.91 Å². The van der Waals surface area contributed by atoms with Crippen LogP contribution in [0.4, 0.5) is 5.82 Å². The van der Waals surface area contributed by atoms with Gasteiger partial charge in [-0.25, -0.2) is 4.98 Å². The third-order valence-corrected chi connectivity index (χ3v) is 3.76. The zero-order chi connectivity index (χ0) is 15.2. The van der Waals surface area contributed by atoms with Gasteiger partial charge in [-0.2, -0.15) is 0 Å². The molecule has 2 rings (SSSR count). The van der Waals surface area contributed by atoms with Crippen molar-refractivity contribution in [1.82, 2.24) is 14.5 Å². The quantitative estimate of drug-likeness (QED) is 0.896. The second-order valence-corrected chi connectivity index (χ2v) is 5.70. The molecule has 1 amide bonds. The molecule has 0 atom stereocenters. The summed E-state index contributed by atoms with van der Waals surface area (Å²) in [7, 11) is 0. The fourth-order valence-corrected chi connectivity index (χ4v) is 2.54. The van der Waals surface area contributed by atoms with E-state index in [1.807, 2.05) is 18.7 Å². The normalized spacial score (nSPS) is 15.3. The van der Waals surface area contributed by atoms with Gasteiger partial charge >= 0.3 is 0 Å². The van der Waals surface area contributed by atoms with Crippen LogP contribution < -0.4 is 10.9 Å². The molecule has 0 aromatic carbocycles. The summed E-state index contributed by atoms with van der Waals surface area (Å²) in [6.45, 7) is 6.07. The van der Waals surface area contributed by atoms with Crippen LogP contribution in [0.15, 0.2) is 17.2 Å². The third-order valence-electron chi connectivity index (χ3n) is 3.76. The summed E-state index contributed by atoms with van der Waals surface area (Å²) in [6, 6.07) is 0.0935. The molecule has 6 nitrogen and oxygen atoms in total. The largest absolute Gasteiger partial charge is 0.365 e. The number of nitrogens with zero attached hydrogens (tertiary/aromatic N) is 3. The van der Waals surface area contributed by atoms with Gasteiger partial charge in [-0.1, -0.05) is 0 Å². The Kier molecular flexibility index (Phi) is 5.36. The monoisotopic (exact) mass is 292 g/mol. The summed E-state index contributed by atoms with van der Waals surface area (Å²) >= 11 is 0. The summed E-state index contributed by atoms with van der Waals surface area (Å²) in [6.07, 6.45) is 7.09. The maximum atomic E-state index is 12.1.